The zero-order valence-electron chi connectivity index (χ0n) is 10.7. The maximum Gasteiger partial charge on any atom is 0.224 e. The lowest BCUT2D eigenvalue weighted by atomic mass is 10.1. The van der Waals surface area contributed by atoms with E-state index in [1.807, 2.05) is 43.0 Å². The Kier molecular flexibility index (Phi) is 4.12. The van der Waals surface area contributed by atoms with Crippen molar-refractivity contribution in [2.45, 2.75) is 31.7 Å². The number of ether oxygens (including phenoxy) is 1. The highest BCUT2D eigenvalue weighted by molar-refractivity contribution is 6.22. The number of alkyl halides is 1. The third kappa shape index (κ3) is 2.78. The predicted octanol–water partition coefficient (Wildman–Crippen LogP) is 2.99. The van der Waals surface area contributed by atoms with Crippen LogP contribution >= 0.6 is 11.6 Å². The Morgan fingerprint density at radius 1 is 1.56 bits per heavy atom. The van der Waals surface area contributed by atoms with Crippen LogP contribution in [-0.4, -0.2) is 29.3 Å². The van der Waals surface area contributed by atoms with Crippen LogP contribution < -0.4 is 4.74 Å². The molecule has 18 heavy (non-hydrogen) atoms. The lowest BCUT2D eigenvalue weighted by molar-refractivity contribution is -0.129. The standard InChI is InChI=1S/C14H18ClNO2/c1-3-18-13-6-4-5-11(7-13)10(2)16-9-12(15)8-14(16)17/h4-7,10,12H,3,8-9H2,1-2H3. The minimum absolute atomic E-state index is 0.0432. The van der Waals surface area contributed by atoms with Crippen LogP contribution in [0.5, 0.6) is 5.75 Å². The molecule has 98 valence electrons. The first-order valence-corrected chi connectivity index (χ1v) is 6.71. The van der Waals surface area contributed by atoms with Gasteiger partial charge in [-0.15, -0.1) is 11.6 Å². The van der Waals surface area contributed by atoms with Crippen LogP contribution in [0.3, 0.4) is 0 Å². The lowest BCUT2D eigenvalue weighted by Crippen LogP contribution is -2.28. The van der Waals surface area contributed by atoms with Gasteiger partial charge in [0.25, 0.3) is 0 Å². The highest BCUT2D eigenvalue weighted by Gasteiger charge is 2.31. The minimum Gasteiger partial charge on any atom is -0.494 e. The monoisotopic (exact) mass is 267 g/mol. The van der Waals surface area contributed by atoms with E-state index in [-0.39, 0.29) is 17.3 Å². The van der Waals surface area contributed by atoms with Gasteiger partial charge in [0, 0.05) is 13.0 Å². The summed E-state index contributed by atoms with van der Waals surface area (Å²) >= 11 is 6.03. The molecule has 1 aromatic rings. The van der Waals surface area contributed by atoms with Gasteiger partial charge in [-0.3, -0.25) is 4.79 Å². The van der Waals surface area contributed by atoms with Gasteiger partial charge in [-0.2, -0.15) is 0 Å². The summed E-state index contributed by atoms with van der Waals surface area (Å²) in [5, 5.41) is -0.0602. The molecule has 0 aromatic heterocycles. The second-order valence-corrected chi connectivity index (χ2v) is 5.15. The fraction of sp³-hybridized carbons (Fsp3) is 0.500. The molecule has 1 aliphatic rings. The number of benzene rings is 1. The van der Waals surface area contributed by atoms with Crippen molar-refractivity contribution in [3.05, 3.63) is 29.8 Å². The third-order valence-electron chi connectivity index (χ3n) is 3.23. The molecular formula is C14H18ClNO2. The van der Waals surface area contributed by atoms with Gasteiger partial charge in [0.15, 0.2) is 0 Å². The molecule has 0 N–H and O–H groups in total. The molecule has 3 nitrogen and oxygen atoms in total. The van der Waals surface area contributed by atoms with E-state index in [9.17, 15) is 4.79 Å². The number of rotatable bonds is 4. The average Bonchev–Trinajstić information content (AvgIpc) is 2.68. The number of hydrogen-bond acceptors (Lipinski definition) is 2. The number of halogens is 1. The number of nitrogens with zero attached hydrogens (tertiary/aromatic N) is 1. The van der Waals surface area contributed by atoms with Crippen molar-refractivity contribution >= 4 is 17.5 Å². The molecular weight excluding hydrogens is 250 g/mol. The van der Waals surface area contributed by atoms with Gasteiger partial charge < -0.3 is 9.64 Å². The first-order valence-electron chi connectivity index (χ1n) is 6.28. The normalized spacial score (nSPS) is 21.2. The zero-order valence-corrected chi connectivity index (χ0v) is 11.5. The molecule has 1 fully saturated rings. The van der Waals surface area contributed by atoms with Crippen LogP contribution in [0.4, 0.5) is 0 Å². The number of amides is 1. The molecule has 2 rings (SSSR count). The second kappa shape index (κ2) is 5.61. The summed E-state index contributed by atoms with van der Waals surface area (Å²) in [6.07, 6.45) is 0.442. The van der Waals surface area contributed by atoms with Crippen LogP contribution in [0.25, 0.3) is 0 Å². The van der Waals surface area contributed by atoms with Gasteiger partial charge in [0.2, 0.25) is 5.91 Å². The third-order valence-corrected chi connectivity index (χ3v) is 3.52. The van der Waals surface area contributed by atoms with E-state index in [1.54, 1.807) is 0 Å². The van der Waals surface area contributed by atoms with Gasteiger partial charge in [-0.05, 0) is 31.5 Å². The molecule has 0 bridgehead atoms. The Hall–Kier alpha value is -1.22. The first kappa shape index (κ1) is 13.2. The molecule has 2 atom stereocenters. The van der Waals surface area contributed by atoms with Crippen LogP contribution in [-0.2, 0) is 4.79 Å². The Labute approximate surface area is 113 Å². The summed E-state index contributed by atoms with van der Waals surface area (Å²) < 4.78 is 5.48. The van der Waals surface area contributed by atoms with Gasteiger partial charge in [-0.1, -0.05) is 12.1 Å². The Morgan fingerprint density at radius 3 is 2.94 bits per heavy atom. The molecule has 0 radical (unpaired) electrons. The molecule has 1 saturated heterocycles. The van der Waals surface area contributed by atoms with E-state index >= 15 is 0 Å². The molecule has 0 saturated carbocycles. The van der Waals surface area contributed by atoms with E-state index in [0.29, 0.717) is 19.6 Å². The highest BCUT2D eigenvalue weighted by Crippen LogP contribution is 2.29. The second-order valence-electron chi connectivity index (χ2n) is 4.53. The zero-order chi connectivity index (χ0) is 13.1. The van der Waals surface area contributed by atoms with Crippen LogP contribution in [0.2, 0.25) is 0 Å². The number of carbonyl (C=O) groups excluding carboxylic acids is 1. The topological polar surface area (TPSA) is 29.5 Å². The smallest absolute Gasteiger partial charge is 0.224 e. The summed E-state index contributed by atoms with van der Waals surface area (Å²) in [6.45, 7) is 5.25. The van der Waals surface area contributed by atoms with Crippen LogP contribution in [0.15, 0.2) is 24.3 Å². The van der Waals surface area contributed by atoms with Gasteiger partial charge in [0.05, 0.1) is 18.0 Å². The maximum absolute atomic E-state index is 11.8. The molecule has 0 spiro atoms. The molecule has 4 heteroatoms. The number of hydrogen-bond donors (Lipinski definition) is 0. The average molecular weight is 268 g/mol. The van der Waals surface area contributed by atoms with Gasteiger partial charge in [0.1, 0.15) is 5.75 Å². The largest absolute Gasteiger partial charge is 0.494 e. The van der Waals surface area contributed by atoms with E-state index in [1.165, 1.54) is 0 Å². The van der Waals surface area contributed by atoms with E-state index in [2.05, 4.69) is 0 Å². The van der Waals surface area contributed by atoms with Crippen LogP contribution in [0.1, 0.15) is 31.9 Å². The quantitative estimate of drug-likeness (QED) is 0.785. The summed E-state index contributed by atoms with van der Waals surface area (Å²) in [5.74, 6) is 0.972. The number of carbonyl (C=O) groups is 1. The number of likely N-dealkylation sites (tertiary alicyclic amines) is 1. The van der Waals surface area contributed by atoms with Crippen molar-refractivity contribution in [2.75, 3.05) is 13.2 Å². The summed E-state index contributed by atoms with van der Waals surface area (Å²) in [7, 11) is 0. The van der Waals surface area contributed by atoms with Crippen molar-refractivity contribution < 1.29 is 9.53 Å². The fourth-order valence-corrected chi connectivity index (χ4v) is 2.55. The lowest BCUT2D eigenvalue weighted by Gasteiger charge is -2.25. The predicted molar refractivity (Wildman–Crippen MR) is 72.0 cm³/mol. The van der Waals surface area contributed by atoms with E-state index in [4.69, 9.17) is 16.3 Å². The van der Waals surface area contributed by atoms with Crippen molar-refractivity contribution in [3.8, 4) is 5.75 Å². The highest BCUT2D eigenvalue weighted by atomic mass is 35.5. The summed E-state index contributed by atoms with van der Waals surface area (Å²) in [5.41, 5.74) is 1.08. The van der Waals surface area contributed by atoms with Crippen molar-refractivity contribution in [2.24, 2.45) is 0 Å². The van der Waals surface area contributed by atoms with E-state index < -0.39 is 0 Å². The van der Waals surface area contributed by atoms with Crippen molar-refractivity contribution in [1.82, 2.24) is 4.90 Å². The molecule has 2 unspecified atom stereocenters. The Balaban J connectivity index is 2.15. The molecule has 1 amide bonds. The van der Waals surface area contributed by atoms with Crippen molar-refractivity contribution in [1.29, 1.82) is 0 Å². The Bertz CT molecular complexity index is 436. The molecule has 1 aliphatic heterocycles. The van der Waals surface area contributed by atoms with E-state index in [0.717, 1.165) is 11.3 Å². The first-order chi connectivity index (χ1) is 8.61. The molecule has 1 heterocycles. The summed E-state index contributed by atoms with van der Waals surface area (Å²) in [4.78, 5) is 13.7. The van der Waals surface area contributed by atoms with Gasteiger partial charge in [-0.25, -0.2) is 0 Å². The fourth-order valence-electron chi connectivity index (χ4n) is 2.27. The minimum atomic E-state index is -0.0602. The SMILES string of the molecule is CCOc1cccc(C(C)N2CC(Cl)CC2=O)c1. The molecule has 0 aliphatic carbocycles. The van der Waals surface area contributed by atoms with Crippen molar-refractivity contribution in [3.63, 3.8) is 0 Å². The van der Waals surface area contributed by atoms with Crippen LogP contribution in [0, 0.1) is 0 Å². The molecule has 1 aromatic carbocycles. The summed E-state index contributed by atoms with van der Waals surface area (Å²) in [6, 6.07) is 7.93. The Morgan fingerprint density at radius 2 is 2.33 bits per heavy atom. The van der Waals surface area contributed by atoms with Gasteiger partial charge >= 0.3 is 0 Å². The maximum atomic E-state index is 11.8.